The first kappa shape index (κ1) is 24.3. The number of hydrogen-bond donors (Lipinski definition) is 2. The molecular weight excluding hydrogens is 460 g/mol. The van der Waals surface area contributed by atoms with Crippen LogP contribution in [0.4, 0.5) is 0 Å². The van der Waals surface area contributed by atoms with E-state index in [1.54, 1.807) is 12.3 Å². The zero-order chi connectivity index (χ0) is 24.9. The highest BCUT2D eigenvalue weighted by Gasteiger charge is 2.20. The minimum Gasteiger partial charge on any atom is -0.423 e. The molecule has 0 aliphatic heterocycles. The van der Waals surface area contributed by atoms with Gasteiger partial charge in [0, 0.05) is 17.0 Å². The maximum atomic E-state index is 12.1. The molecule has 0 aliphatic rings. The molecule has 4 aromatic rings. The van der Waals surface area contributed by atoms with Crippen LogP contribution in [0.1, 0.15) is 41.2 Å². The van der Waals surface area contributed by atoms with Crippen molar-refractivity contribution in [2.24, 2.45) is 0 Å². The lowest BCUT2D eigenvalue weighted by Crippen LogP contribution is -2.06. The topological polar surface area (TPSA) is 92.3 Å². The maximum absolute atomic E-state index is 12.1. The summed E-state index contributed by atoms with van der Waals surface area (Å²) in [6.45, 7) is 7.61. The zero-order valence-electron chi connectivity index (χ0n) is 19.6. The Balaban J connectivity index is 2.04. The van der Waals surface area contributed by atoms with Crippen molar-refractivity contribution in [1.29, 1.82) is 0 Å². The Hall–Kier alpha value is -3.81. The number of rotatable bonds is 8. The molecule has 1 heterocycles. The summed E-state index contributed by atoms with van der Waals surface area (Å²) in [5, 5.41) is 8.08. The second-order valence-electron chi connectivity index (χ2n) is 8.12. The molecule has 7 heteroatoms. The lowest BCUT2D eigenvalue weighted by molar-refractivity contribution is -0.128. The van der Waals surface area contributed by atoms with Crippen LogP contribution in [0.25, 0.3) is 22.0 Å². The average molecular weight is 487 g/mol. The van der Waals surface area contributed by atoms with Gasteiger partial charge < -0.3 is 9.29 Å². The van der Waals surface area contributed by atoms with Gasteiger partial charge in [-0.15, -0.1) is 0 Å². The molecule has 35 heavy (non-hydrogen) atoms. The molecule has 1 aromatic heterocycles. The molecule has 0 fully saturated rings. The molecular formula is C28H26N2O4S. The number of fused-ring (bicyclic) bond motifs is 1. The lowest BCUT2D eigenvalue weighted by Gasteiger charge is -2.20. The standard InChI is InChI=1S/C28H26N2O4S/c1-4-22(24-14-19(17-35(32)33)11-10-18(24)3)28(20-12-13-25-21(15-20)16-29-30-25)23-8-6-7-9-26(23)34-27(31)5-2/h5-16H,2,4,17H2,1,3H3,(H,29,30)(H,32,33)/b28-22+. The summed E-state index contributed by atoms with van der Waals surface area (Å²) in [6, 6.07) is 19.3. The number of esters is 1. The molecule has 0 amide bonds. The van der Waals surface area contributed by atoms with Gasteiger partial charge >= 0.3 is 5.97 Å². The Kier molecular flexibility index (Phi) is 7.39. The Morgan fingerprint density at radius 3 is 2.69 bits per heavy atom. The van der Waals surface area contributed by atoms with E-state index < -0.39 is 17.0 Å². The molecule has 4 rings (SSSR count). The van der Waals surface area contributed by atoms with Gasteiger partial charge in [-0.1, -0.05) is 56.0 Å². The number of nitrogens with one attached hydrogen (secondary N) is 1. The van der Waals surface area contributed by atoms with Crippen LogP contribution in [-0.4, -0.2) is 24.9 Å². The summed E-state index contributed by atoms with van der Waals surface area (Å²) in [5.74, 6) is -0.0617. The predicted molar refractivity (Wildman–Crippen MR) is 140 cm³/mol. The Morgan fingerprint density at radius 1 is 1.14 bits per heavy atom. The minimum atomic E-state index is -1.95. The summed E-state index contributed by atoms with van der Waals surface area (Å²) >= 11 is -1.95. The van der Waals surface area contributed by atoms with E-state index in [4.69, 9.17) is 4.74 Å². The third-order valence-corrected chi connectivity index (χ3v) is 6.42. The number of aromatic nitrogens is 2. The van der Waals surface area contributed by atoms with Crippen molar-refractivity contribution in [2.75, 3.05) is 0 Å². The first-order valence-corrected chi connectivity index (χ1v) is 12.5. The van der Waals surface area contributed by atoms with E-state index in [-0.39, 0.29) is 5.75 Å². The van der Waals surface area contributed by atoms with Crippen LogP contribution in [0.15, 0.2) is 79.5 Å². The Bertz CT molecular complexity index is 1470. The fraction of sp³-hybridized carbons (Fsp3) is 0.143. The van der Waals surface area contributed by atoms with E-state index >= 15 is 0 Å². The number of para-hydroxylation sites is 1. The van der Waals surface area contributed by atoms with Gasteiger partial charge in [0.15, 0.2) is 11.1 Å². The predicted octanol–water partition coefficient (Wildman–Crippen LogP) is 6.05. The third kappa shape index (κ3) is 5.31. The highest BCUT2D eigenvalue weighted by atomic mass is 32.2. The van der Waals surface area contributed by atoms with Crippen molar-refractivity contribution < 1.29 is 18.3 Å². The van der Waals surface area contributed by atoms with E-state index in [1.807, 2.05) is 55.5 Å². The van der Waals surface area contributed by atoms with Crippen molar-refractivity contribution in [1.82, 2.24) is 10.2 Å². The molecule has 0 saturated heterocycles. The fourth-order valence-corrected chi connectivity index (χ4v) is 4.70. The SMILES string of the molecule is C=CC(=O)Oc1ccccc1/C(=C(\CC)c1cc(CS(=O)O)ccc1C)c1ccc2[nH]ncc2c1. The van der Waals surface area contributed by atoms with Gasteiger partial charge in [-0.25, -0.2) is 9.00 Å². The molecule has 0 spiro atoms. The molecule has 3 aromatic carbocycles. The second kappa shape index (κ2) is 10.6. The van der Waals surface area contributed by atoms with Gasteiger partial charge in [0.1, 0.15) is 5.75 Å². The van der Waals surface area contributed by atoms with Crippen molar-refractivity contribution in [3.8, 4) is 5.75 Å². The molecule has 1 unspecified atom stereocenters. The quantitative estimate of drug-likeness (QED) is 0.104. The van der Waals surface area contributed by atoms with E-state index in [0.29, 0.717) is 12.2 Å². The number of hydrogen-bond acceptors (Lipinski definition) is 4. The van der Waals surface area contributed by atoms with Gasteiger partial charge in [0.2, 0.25) is 0 Å². The van der Waals surface area contributed by atoms with Crippen LogP contribution in [-0.2, 0) is 21.6 Å². The molecule has 1 atom stereocenters. The van der Waals surface area contributed by atoms with E-state index in [2.05, 4.69) is 29.8 Å². The summed E-state index contributed by atoms with van der Waals surface area (Å²) in [6.07, 6.45) is 3.59. The first-order valence-electron chi connectivity index (χ1n) is 11.2. The molecule has 2 N–H and O–H groups in total. The normalized spacial score (nSPS) is 12.8. The smallest absolute Gasteiger partial charge is 0.335 e. The number of carbonyl (C=O) groups is 1. The number of allylic oxidation sites excluding steroid dienone is 1. The third-order valence-electron chi connectivity index (χ3n) is 5.84. The van der Waals surface area contributed by atoms with Crippen LogP contribution >= 0.6 is 0 Å². The summed E-state index contributed by atoms with van der Waals surface area (Å²) in [4.78, 5) is 12.1. The monoisotopic (exact) mass is 486 g/mol. The molecule has 178 valence electrons. The van der Waals surface area contributed by atoms with Gasteiger partial charge in [-0.05, 0) is 64.9 Å². The molecule has 6 nitrogen and oxygen atoms in total. The Morgan fingerprint density at radius 2 is 1.94 bits per heavy atom. The van der Waals surface area contributed by atoms with Crippen LogP contribution in [0, 0.1) is 6.92 Å². The number of carbonyl (C=O) groups excluding carboxylic acids is 1. The number of aromatic amines is 1. The number of ether oxygens (including phenoxy) is 1. The van der Waals surface area contributed by atoms with Crippen LogP contribution in [0.2, 0.25) is 0 Å². The summed E-state index contributed by atoms with van der Waals surface area (Å²) < 4.78 is 26.6. The van der Waals surface area contributed by atoms with E-state index in [1.165, 1.54) is 0 Å². The summed E-state index contributed by atoms with van der Waals surface area (Å²) in [7, 11) is 0. The van der Waals surface area contributed by atoms with Gasteiger partial charge in [-0.2, -0.15) is 5.10 Å². The van der Waals surface area contributed by atoms with Gasteiger partial charge in [-0.3, -0.25) is 5.10 Å². The van der Waals surface area contributed by atoms with Crippen LogP contribution in [0.3, 0.4) is 0 Å². The van der Waals surface area contributed by atoms with Crippen LogP contribution in [0.5, 0.6) is 5.75 Å². The minimum absolute atomic E-state index is 0.0497. The largest absolute Gasteiger partial charge is 0.423 e. The van der Waals surface area contributed by atoms with E-state index in [0.717, 1.165) is 55.9 Å². The highest BCUT2D eigenvalue weighted by molar-refractivity contribution is 7.78. The maximum Gasteiger partial charge on any atom is 0.335 e. The highest BCUT2D eigenvalue weighted by Crippen LogP contribution is 2.40. The van der Waals surface area contributed by atoms with E-state index in [9.17, 15) is 13.6 Å². The molecule has 0 saturated carbocycles. The molecule has 0 bridgehead atoms. The number of H-pyrrole nitrogens is 1. The van der Waals surface area contributed by atoms with Crippen molar-refractivity contribution in [3.05, 3.63) is 107 Å². The summed E-state index contributed by atoms with van der Waals surface area (Å²) in [5.41, 5.74) is 7.34. The van der Waals surface area contributed by atoms with Crippen molar-refractivity contribution in [2.45, 2.75) is 26.0 Å². The number of benzene rings is 3. The van der Waals surface area contributed by atoms with Crippen molar-refractivity contribution in [3.63, 3.8) is 0 Å². The zero-order valence-corrected chi connectivity index (χ0v) is 20.4. The second-order valence-corrected chi connectivity index (χ2v) is 9.05. The molecule has 0 aliphatic carbocycles. The first-order chi connectivity index (χ1) is 16.9. The van der Waals surface area contributed by atoms with Gasteiger partial charge in [0.25, 0.3) is 0 Å². The average Bonchev–Trinajstić information content (AvgIpc) is 3.32. The number of aryl methyl sites for hydroxylation is 1. The van der Waals surface area contributed by atoms with Crippen LogP contribution < -0.4 is 4.74 Å². The van der Waals surface area contributed by atoms with Gasteiger partial charge in [0.05, 0.1) is 17.5 Å². The number of nitrogens with zero attached hydrogens (tertiary/aromatic N) is 1. The molecule has 0 radical (unpaired) electrons. The Labute approximate surface area is 206 Å². The lowest BCUT2D eigenvalue weighted by atomic mass is 9.85. The van der Waals surface area contributed by atoms with Crippen molar-refractivity contribution >= 4 is 39.1 Å². The fourth-order valence-electron chi connectivity index (χ4n) is 4.23.